The molecule has 0 aliphatic carbocycles. The van der Waals surface area contributed by atoms with Gasteiger partial charge in [-0.15, -0.1) is 11.3 Å². The molecule has 0 saturated carbocycles. The standard InChI is InChI=1S/C11H16N2S/c1-2-3-4-5-13-8-11-6-10(7-12)9-14-11/h6,9,13H,2-5,8H2,1H3. The number of nitriles is 1. The SMILES string of the molecule is CCCCCNCc1cc(C#N)cs1. The molecule has 0 saturated heterocycles. The molecule has 0 bridgehead atoms. The summed E-state index contributed by atoms with van der Waals surface area (Å²) < 4.78 is 0. The van der Waals surface area contributed by atoms with E-state index in [1.165, 1.54) is 24.1 Å². The van der Waals surface area contributed by atoms with Gasteiger partial charge in [-0.2, -0.15) is 5.26 Å². The number of nitrogens with zero attached hydrogens (tertiary/aromatic N) is 1. The van der Waals surface area contributed by atoms with E-state index in [9.17, 15) is 0 Å². The average molecular weight is 208 g/mol. The first-order valence-corrected chi connectivity index (χ1v) is 5.93. The lowest BCUT2D eigenvalue weighted by Gasteiger charge is -2.01. The lowest BCUT2D eigenvalue weighted by atomic mass is 10.2. The highest BCUT2D eigenvalue weighted by Gasteiger charge is 1.97. The quantitative estimate of drug-likeness (QED) is 0.730. The summed E-state index contributed by atoms with van der Waals surface area (Å²) in [5.41, 5.74) is 0.778. The monoisotopic (exact) mass is 208 g/mol. The van der Waals surface area contributed by atoms with Crippen LogP contribution in [-0.4, -0.2) is 6.54 Å². The molecule has 0 aliphatic rings. The summed E-state index contributed by atoms with van der Waals surface area (Å²) in [4.78, 5) is 1.25. The van der Waals surface area contributed by atoms with Crippen molar-refractivity contribution in [3.8, 4) is 6.07 Å². The highest BCUT2D eigenvalue weighted by molar-refractivity contribution is 7.10. The normalized spacial score (nSPS) is 10.0. The van der Waals surface area contributed by atoms with Crippen LogP contribution in [-0.2, 0) is 6.54 Å². The van der Waals surface area contributed by atoms with Crippen LogP contribution in [0.1, 0.15) is 36.6 Å². The maximum atomic E-state index is 8.63. The van der Waals surface area contributed by atoms with Crippen LogP contribution in [0.25, 0.3) is 0 Å². The zero-order valence-corrected chi connectivity index (χ0v) is 9.36. The molecule has 2 nitrogen and oxygen atoms in total. The summed E-state index contributed by atoms with van der Waals surface area (Å²) in [7, 11) is 0. The fraction of sp³-hybridized carbons (Fsp3) is 0.545. The van der Waals surface area contributed by atoms with Crippen LogP contribution in [0.5, 0.6) is 0 Å². The first-order valence-electron chi connectivity index (χ1n) is 5.05. The summed E-state index contributed by atoms with van der Waals surface area (Å²) in [6.45, 7) is 4.18. The third-order valence-corrected chi connectivity index (χ3v) is 2.98. The Balaban J connectivity index is 2.16. The Bertz CT molecular complexity index is 298. The van der Waals surface area contributed by atoms with Crippen LogP contribution in [0.3, 0.4) is 0 Å². The Morgan fingerprint density at radius 2 is 2.36 bits per heavy atom. The maximum Gasteiger partial charge on any atom is 0.100 e. The van der Waals surface area contributed by atoms with Crippen molar-refractivity contribution in [2.75, 3.05) is 6.54 Å². The van der Waals surface area contributed by atoms with Gasteiger partial charge in [0, 0.05) is 16.8 Å². The topological polar surface area (TPSA) is 35.8 Å². The van der Waals surface area contributed by atoms with Crippen molar-refractivity contribution in [3.63, 3.8) is 0 Å². The van der Waals surface area contributed by atoms with E-state index < -0.39 is 0 Å². The van der Waals surface area contributed by atoms with Crippen LogP contribution in [0.15, 0.2) is 11.4 Å². The van der Waals surface area contributed by atoms with Crippen LogP contribution < -0.4 is 5.32 Å². The molecule has 1 rings (SSSR count). The Morgan fingerprint density at radius 1 is 1.50 bits per heavy atom. The fourth-order valence-corrected chi connectivity index (χ4v) is 2.02. The molecule has 1 N–H and O–H groups in total. The molecular weight excluding hydrogens is 192 g/mol. The van der Waals surface area contributed by atoms with Gasteiger partial charge in [-0.1, -0.05) is 19.8 Å². The molecule has 14 heavy (non-hydrogen) atoms. The summed E-state index contributed by atoms with van der Waals surface area (Å²) in [5, 5.41) is 13.9. The third-order valence-electron chi connectivity index (χ3n) is 2.04. The van der Waals surface area contributed by atoms with Crippen molar-refractivity contribution in [2.24, 2.45) is 0 Å². The first kappa shape index (κ1) is 11.2. The molecule has 0 aromatic carbocycles. The van der Waals surface area contributed by atoms with E-state index in [2.05, 4.69) is 18.3 Å². The Labute approximate surface area is 89.6 Å². The number of rotatable bonds is 6. The van der Waals surface area contributed by atoms with E-state index in [0.717, 1.165) is 18.7 Å². The molecular formula is C11H16N2S. The van der Waals surface area contributed by atoms with Gasteiger partial charge < -0.3 is 5.32 Å². The van der Waals surface area contributed by atoms with Gasteiger partial charge in [0.25, 0.3) is 0 Å². The third kappa shape index (κ3) is 3.91. The summed E-state index contributed by atoms with van der Waals surface area (Å²) in [6.07, 6.45) is 3.80. The zero-order valence-electron chi connectivity index (χ0n) is 8.55. The fourth-order valence-electron chi connectivity index (χ4n) is 1.24. The highest BCUT2D eigenvalue weighted by Crippen LogP contribution is 2.13. The van der Waals surface area contributed by atoms with Crippen molar-refractivity contribution in [3.05, 3.63) is 21.9 Å². The van der Waals surface area contributed by atoms with E-state index in [-0.39, 0.29) is 0 Å². The minimum atomic E-state index is 0.778. The summed E-state index contributed by atoms with van der Waals surface area (Å²) in [5.74, 6) is 0. The van der Waals surface area contributed by atoms with E-state index in [4.69, 9.17) is 5.26 Å². The first-order chi connectivity index (χ1) is 6.86. The van der Waals surface area contributed by atoms with Gasteiger partial charge >= 0.3 is 0 Å². The maximum absolute atomic E-state index is 8.63. The molecule has 1 aromatic heterocycles. The average Bonchev–Trinajstić information content (AvgIpc) is 2.65. The van der Waals surface area contributed by atoms with Crippen molar-refractivity contribution in [1.82, 2.24) is 5.32 Å². The molecule has 0 spiro atoms. The van der Waals surface area contributed by atoms with Crippen LogP contribution >= 0.6 is 11.3 Å². The molecule has 0 aliphatic heterocycles. The summed E-state index contributed by atoms with van der Waals surface area (Å²) >= 11 is 1.65. The van der Waals surface area contributed by atoms with Crippen LogP contribution in [0, 0.1) is 11.3 Å². The van der Waals surface area contributed by atoms with E-state index in [1.54, 1.807) is 11.3 Å². The summed E-state index contributed by atoms with van der Waals surface area (Å²) in [6, 6.07) is 4.10. The Morgan fingerprint density at radius 3 is 3.00 bits per heavy atom. The molecule has 1 aromatic rings. The van der Waals surface area contributed by atoms with Crippen molar-refractivity contribution >= 4 is 11.3 Å². The number of hydrogen-bond acceptors (Lipinski definition) is 3. The van der Waals surface area contributed by atoms with Gasteiger partial charge in [-0.3, -0.25) is 0 Å². The van der Waals surface area contributed by atoms with Gasteiger partial charge in [-0.25, -0.2) is 0 Å². The number of nitrogens with one attached hydrogen (secondary N) is 1. The van der Waals surface area contributed by atoms with Crippen molar-refractivity contribution < 1.29 is 0 Å². The Hall–Kier alpha value is -0.850. The lowest BCUT2D eigenvalue weighted by molar-refractivity contribution is 0.620. The lowest BCUT2D eigenvalue weighted by Crippen LogP contribution is -2.13. The van der Waals surface area contributed by atoms with E-state index in [1.807, 2.05) is 11.4 Å². The second kappa shape index (κ2) is 6.58. The highest BCUT2D eigenvalue weighted by atomic mass is 32.1. The van der Waals surface area contributed by atoms with Gasteiger partial charge in [-0.05, 0) is 19.0 Å². The predicted octanol–water partition coefficient (Wildman–Crippen LogP) is 2.90. The molecule has 1 heterocycles. The molecule has 76 valence electrons. The smallest absolute Gasteiger partial charge is 0.100 e. The molecule has 0 fully saturated rings. The van der Waals surface area contributed by atoms with E-state index in [0.29, 0.717) is 0 Å². The van der Waals surface area contributed by atoms with Crippen LogP contribution in [0.2, 0.25) is 0 Å². The largest absolute Gasteiger partial charge is 0.312 e. The minimum Gasteiger partial charge on any atom is -0.312 e. The minimum absolute atomic E-state index is 0.778. The molecule has 3 heteroatoms. The van der Waals surface area contributed by atoms with Gasteiger partial charge in [0.1, 0.15) is 6.07 Å². The van der Waals surface area contributed by atoms with E-state index >= 15 is 0 Å². The molecule has 0 amide bonds. The number of hydrogen-bond donors (Lipinski definition) is 1. The predicted molar refractivity (Wildman–Crippen MR) is 60.3 cm³/mol. The molecule has 0 radical (unpaired) electrons. The van der Waals surface area contributed by atoms with Gasteiger partial charge in [0.2, 0.25) is 0 Å². The number of unbranched alkanes of at least 4 members (excludes halogenated alkanes) is 2. The van der Waals surface area contributed by atoms with Crippen molar-refractivity contribution in [1.29, 1.82) is 5.26 Å². The molecule has 0 unspecified atom stereocenters. The second-order valence-corrected chi connectivity index (χ2v) is 4.29. The Kier molecular flexibility index (Phi) is 5.28. The van der Waals surface area contributed by atoms with Gasteiger partial charge in [0.05, 0.1) is 5.56 Å². The second-order valence-electron chi connectivity index (χ2n) is 3.30. The molecule has 0 atom stereocenters. The zero-order chi connectivity index (χ0) is 10.2. The van der Waals surface area contributed by atoms with Crippen molar-refractivity contribution in [2.45, 2.75) is 32.7 Å². The number of thiophene rings is 1. The van der Waals surface area contributed by atoms with Gasteiger partial charge in [0.15, 0.2) is 0 Å². The van der Waals surface area contributed by atoms with Crippen LogP contribution in [0.4, 0.5) is 0 Å².